The van der Waals surface area contributed by atoms with E-state index in [0.29, 0.717) is 11.5 Å². The van der Waals surface area contributed by atoms with Gasteiger partial charge < -0.3 is 10.6 Å². The molecular formula is C24H26F4N10O2. The van der Waals surface area contributed by atoms with Gasteiger partial charge in [-0.15, -0.1) is 10.6 Å². The number of hydrogen-bond donors (Lipinski definition) is 3. The van der Waals surface area contributed by atoms with Gasteiger partial charge in [-0.2, -0.15) is 13.2 Å². The van der Waals surface area contributed by atoms with Gasteiger partial charge in [0.15, 0.2) is 5.69 Å². The van der Waals surface area contributed by atoms with Gasteiger partial charge in [-0.1, -0.05) is 11.3 Å². The molecule has 40 heavy (non-hydrogen) atoms. The largest absolute Gasteiger partial charge is 0.416 e. The van der Waals surface area contributed by atoms with E-state index in [4.69, 9.17) is 0 Å². The van der Waals surface area contributed by atoms with Crippen LogP contribution in [-0.4, -0.2) is 66.6 Å². The number of aromatic nitrogens is 5. The maximum absolute atomic E-state index is 14.7. The van der Waals surface area contributed by atoms with E-state index in [2.05, 4.69) is 36.4 Å². The molecule has 212 valence electrons. The summed E-state index contributed by atoms with van der Waals surface area (Å²) in [6.07, 6.45) is -0.166. The van der Waals surface area contributed by atoms with Gasteiger partial charge in [0.05, 0.1) is 43.2 Å². The molecule has 0 bridgehead atoms. The third-order valence-electron chi connectivity index (χ3n) is 5.66. The van der Waals surface area contributed by atoms with Gasteiger partial charge in [0, 0.05) is 38.1 Å². The molecule has 3 N–H and O–H groups in total. The van der Waals surface area contributed by atoms with E-state index in [1.165, 1.54) is 15.9 Å². The first kappa shape index (κ1) is 28.4. The summed E-state index contributed by atoms with van der Waals surface area (Å²) in [5, 5.41) is 15.8. The van der Waals surface area contributed by atoms with E-state index in [1.54, 1.807) is 42.7 Å². The first-order chi connectivity index (χ1) is 19.1. The molecule has 0 aromatic carbocycles. The maximum atomic E-state index is 14.7. The molecule has 12 nitrogen and oxygen atoms in total. The second-order valence-electron chi connectivity index (χ2n) is 8.84. The third kappa shape index (κ3) is 7.95. The molecule has 3 aromatic heterocycles. The average molecular weight is 563 g/mol. The Bertz CT molecular complexity index is 1350. The van der Waals surface area contributed by atoms with Crippen LogP contribution in [0.2, 0.25) is 0 Å². The van der Waals surface area contributed by atoms with Gasteiger partial charge in [0.25, 0.3) is 5.91 Å². The average Bonchev–Trinajstić information content (AvgIpc) is 3.52. The van der Waals surface area contributed by atoms with Crippen LogP contribution < -0.4 is 16.2 Å². The fourth-order valence-corrected chi connectivity index (χ4v) is 3.67. The first-order valence-electron chi connectivity index (χ1n) is 12.1. The summed E-state index contributed by atoms with van der Waals surface area (Å²) in [6, 6.07) is 6.98. The number of aryl methyl sites for hydroxylation is 1. The van der Waals surface area contributed by atoms with Crippen LogP contribution >= 0.6 is 0 Å². The highest BCUT2D eigenvalue weighted by Gasteiger charge is 2.30. The molecule has 1 unspecified atom stereocenters. The minimum Gasteiger partial charge on any atom is -0.345 e. The van der Waals surface area contributed by atoms with Crippen molar-refractivity contribution in [2.24, 2.45) is 0 Å². The fourth-order valence-electron chi connectivity index (χ4n) is 3.67. The van der Waals surface area contributed by atoms with Crippen molar-refractivity contribution in [3.05, 3.63) is 83.6 Å². The molecule has 0 fully saturated rings. The number of carbonyl (C=O) groups is 2. The topological polar surface area (TPSA) is 133 Å². The quantitative estimate of drug-likeness (QED) is 0.298. The molecule has 4 heterocycles. The summed E-state index contributed by atoms with van der Waals surface area (Å²) in [5.74, 6) is -0.482. The summed E-state index contributed by atoms with van der Waals surface area (Å²) in [6.45, 7) is -0.147. The lowest BCUT2D eigenvalue weighted by molar-refractivity contribution is -0.137. The van der Waals surface area contributed by atoms with Crippen molar-refractivity contribution >= 4 is 11.8 Å². The zero-order valence-corrected chi connectivity index (χ0v) is 21.3. The molecule has 1 atom stereocenters. The number of carbonyl (C=O) groups excluding carboxylic acids is 2. The van der Waals surface area contributed by atoms with E-state index < -0.39 is 23.8 Å². The van der Waals surface area contributed by atoms with E-state index in [1.807, 2.05) is 0 Å². The summed E-state index contributed by atoms with van der Waals surface area (Å²) in [4.78, 5) is 32.5. The molecule has 1 aliphatic heterocycles. The second-order valence-corrected chi connectivity index (χ2v) is 8.84. The SMILES string of the molecule is CN1NN(CC(F)CCn2cc(C(=O)NCc3cc(C(F)(F)F)ccn3)nn2)C=C1NC(=O)Cc1ccccn1. The zero-order valence-electron chi connectivity index (χ0n) is 21.3. The van der Waals surface area contributed by atoms with Gasteiger partial charge in [-0.05, 0) is 24.3 Å². The van der Waals surface area contributed by atoms with Crippen LogP contribution in [0.25, 0.3) is 0 Å². The Hall–Kier alpha value is -4.60. The standard InChI is InChI=1S/C24H26F4N10O2/c1-36-21(32-22(39)11-18-4-2-3-7-29-18)15-38(35-36)13-17(25)6-9-37-14-20(33-34-37)23(40)31-12-19-10-16(5-8-30-19)24(26,27)28/h2-5,7-8,10,14-15,17,35H,6,9,11-13H2,1H3,(H,31,40)(H,32,39). The van der Waals surface area contributed by atoms with Crippen molar-refractivity contribution in [2.45, 2.75) is 38.3 Å². The van der Waals surface area contributed by atoms with Gasteiger partial charge in [-0.3, -0.25) is 34.3 Å². The summed E-state index contributed by atoms with van der Waals surface area (Å²) >= 11 is 0. The summed E-state index contributed by atoms with van der Waals surface area (Å²) < 4.78 is 54.5. The molecule has 2 amide bonds. The van der Waals surface area contributed by atoms with E-state index in [0.717, 1.165) is 18.3 Å². The van der Waals surface area contributed by atoms with Crippen molar-refractivity contribution < 1.29 is 27.2 Å². The molecule has 3 aromatic rings. The number of rotatable bonds is 11. The van der Waals surface area contributed by atoms with Gasteiger partial charge >= 0.3 is 6.18 Å². The Balaban J connectivity index is 1.21. The maximum Gasteiger partial charge on any atom is 0.416 e. The van der Waals surface area contributed by atoms with Crippen molar-refractivity contribution in [3.8, 4) is 0 Å². The molecule has 0 spiro atoms. The van der Waals surface area contributed by atoms with Gasteiger partial charge in [-0.25, -0.2) is 4.39 Å². The van der Waals surface area contributed by atoms with Crippen molar-refractivity contribution in [2.75, 3.05) is 13.6 Å². The Morgan fingerprint density at radius 3 is 2.67 bits per heavy atom. The van der Waals surface area contributed by atoms with E-state index in [-0.39, 0.29) is 49.8 Å². The lowest BCUT2D eigenvalue weighted by atomic mass is 10.2. The van der Waals surface area contributed by atoms with Crippen LogP contribution in [0.5, 0.6) is 0 Å². The molecular weight excluding hydrogens is 536 g/mol. The third-order valence-corrected chi connectivity index (χ3v) is 5.66. The van der Waals surface area contributed by atoms with E-state index in [9.17, 15) is 27.2 Å². The number of hydrazine groups is 2. The molecule has 16 heteroatoms. The van der Waals surface area contributed by atoms with Crippen LogP contribution in [-0.2, 0) is 30.5 Å². The van der Waals surface area contributed by atoms with Crippen molar-refractivity contribution in [1.29, 1.82) is 0 Å². The number of nitrogens with one attached hydrogen (secondary N) is 3. The molecule has 4 rings (SSSR count). The van der Waals surface area contributed by atoms with Gasteiger partial charge in [0.1, 0.15) is 12.0 Å². The van der Waals surface area contributed by atoms with Gasteiger partial charge in [0.2, 0.25) is 5.91 Å². The van der Waals surface area contributed by atoms with Crippen molar-refractivity contribution in [1.82, 2.24) is 51.1 Å². The predicted octanol–water partition coefficient (Wildman–Crippen LogP) is 1.57. The number of hydrogen-bond acceptors (Lipinski definition) is 9. The Kier molecular flexibility index (Phi) is 8.88. The van der Waals surface area contributed by atoms with Crippen LogP contribution in [0.1, 0.15) is 33.9 Å². The van der Waals surface area contributed by atoms with Crippen molar-refractivity contribution in [3.63, 3.8) is 0 Å². The minimum absolute atomic E-state index is 0.0296. The molecule has 0 radical (unpaired) electrons. The predicted molar refractivity (Wildman–Crippen MR) is 132 cm³/mol. The monoisotopic (exact) mass is 562 g/mol. The van der Waals surface area contributed by atoms with Crippen LogP contribution in [0.4, 0.5) is 17.6 Å². The lowest BCUT2D eigenvalue weighted by Crippen LogP contribution is -2.43. The fraction of sp³-hybridized carbons (Fsp3) is 0.333. The number of alkyl halides is 4. The van der Waals surface area contributed by atoms with Crippen LogP contribution in [0, 0.1) is 0 Å². The highest BCUT2D eigenvalue weighted by Crippen LogP contribution is 2.28. The summed E-state index contributed by atoms with van der Waals surface area (Å²) in [7, 11) is 1.67. The summed E-state index contributed by atoms with van der Waals surface area (Å²) in [5.41, 5.74) is 2.62. The first-order valence-corrected chi connectivity index (χ1v) is 12.1. The van der Waals surface area contributed by atoms with Crippen LogP contribution in [0.15, 0.2) is 60.9 Å². The number of nitrogens with zero attached hydrogens (tertiary/aromatic N) is 7. The lowest BCUT2D eigenvalue weighted by Gasteiger charge is -2.22. The Labute approximate surface area is 226 Å². The smallest absolute Gasteiger partial charge is 0.345 e. The highest BCUT2D eigenvalue weighted by molar-refractivity contribution is 5.91. The Morgan fingerprint density at radius 2 is 1.93 bits per heavy atom. The van der Waals surface area contributed by atoms with Crippen LogP contribution in [0.3, 0.4) is 0 Å². The molecule has 0 aliphatic carbocycles. The zero-order chi connectivity index (χ0) is 28.7. The number of pyridine rings is 2. The Morgan fingerprint density at radius 1 is 1.12 bits per heavy atom. The normalized spacial score (nSPS) is 14.2. The number of halogens is 4. The van der Waals surface area contributed by atoms with E-state index >= 15 is 0 Å². The molecule has 1 aliphatic rings. The number of amides is 2. The molecule has 0 saturated heterocycles. The molecule has 0 saturated carbocycles. The minimum atomic E-state index is -4.52. The highest BCUT2D eigenvalue weighted by atomic mass is 19.4. The second kappa shape index (κ2) is 12.5.